The van der Waals surface area contributed by atoms with Crippen molar-refractivity contribution in [2.45, 2.75) is 49.2 Å². The van der Waals surface area contributed by atoms with Crippen molar-refractivity contribution in [3.63, 3.8) is 0 Å². The number of sulfonamides is 1. The lowest BCUT2D eigenvalue weighted by Crippen LogP contribution is -2.63. The molecule has 178 valence electrons. The quantitative estimate of drug-likeness (QED) is 0.149. The Labute approximate surface area is 182 Å². The highest BCUT2D eigenvalue weighted by Crippen LogP contribution is 2.51. The second-order valence-corrected chi connectivity index (χ2v) is 11.3. The molecule has 1 N–H and O–H groups in total. The Kier molecular flexibility index (Phi) is 7.84. The molecule has 1 heterocycles. The van der Waals surface area contributed by atoms with E-state index in [4.69, 9.17) is 9.29 Å². The molecule has 0 aromatic rings. The summed E-state index contributed by atoms with van der Waals surface area (Å²) in [5.74, 6) is -7.65. The summed E-state index contributed by atoms with van der Waals surface area (Å²) < 4.78 is 140. The summed E-state index contributed by atoms with van der Waals surface area (Å²) in [6.07, 6.45) is -1.71. The highest BCUT2D eigenvalue weighted by atomic mass is 127. The van der Waals surface area contributed by atoms with Crippen LogP contribution < -0.4 is 0 Å². The summed E-state index contributed by atoms with van der Waals surface area (Å²) in [7, 11) is -13.6. The van der Waals surface area contributed by atoms with Crippen molar-refractivity contribution in [2.24, 2.45) is 5.41 Å². The molecule has 0 bridgehead atoms. The van der Waals surface area contributed by atoms with Gasteiger partial charge in [0.05, 0.1) is 5.41 Å². The standard InChI is InChI=1S/C13H18F6INO7S2/c1-10(2,7-20)9(22)28-8-3-5-21(6-4-8)29(23,24)12(16,17)11(14,15)13(18,19)30(25,26)27/h8H,3-7H2,1-2H3,(H,25,26,27). The van der Waals surface area contributed by atoms with Gasteiger partial charge in [-0.05, 0) is 26.7 Å². The first-order valence-electron chi connectivity index (χ1n) is 8.04. The lowest BCUT2D eigenvalue weighted by molar-refractivity contribution is -0.247. The van der Waals surface area contributed by atoms with Gasteiger partial charge in [-0.1, -0.05) is 22.6 Å². The molecule has 30 heavy (non-hydrogen) atoms. The molecular weight excluding hydrogens is 587 g/mol. The number of ether oxygens (including phenoxy) is 1. The van der Waals surface area contributed by atoms with Crippen molar-refractivity contribution in [2.75, 3.05) is 17.5 Å². The number of rotatable bonds is 8. The van der Waals surface area contributed by atoms with Gasteiger partial charge in [0.25, 0.3) is 10.0 Å². The fraction of sp³-hybridized carbons (Fsp3) is 0.923. The third-order valence-electron chi connectivity index (χ3n) is 4.28. The average Bonchev–Trinajstić information content (AvgIpc) is 2.60. The van der Waals surface area contributed by atoms with Gasteiger partial charge >= 0.3 is 32.5 Å². The zero-order valence-corrected chi connectivity index (χ0v) is 19.2. The van der Waals surface area contributed by atoms with Gasteiger partial charge in [0.2, 0.25) is 0 Å². The van der Waals surface area contributed by atoms with E-state index in [1.54, 1.807) is 13.8 Å². The Bertz CT molecular complexity index is 870. The molecule has 1 fully saturated rings. The number of esters is 1. The van der Waals surface area contributed by atoms with Gasteiger partial charge in [0, 0.05) is 17.5 Å². The van der Waals surface area contributed by atoms with Gasteiger partial charge in [0.15, 0.2) is 0 Å². The second kappa shape index (κ2) is 8.51. The molecule has 0 aliphatic carbocycles. The molecule has 0 aromatic carbocycles. The number of piperidine rings is 1. The van der Waals surface area contributed by atoms with Crippen LogP contribution in [0.4, 0.5) is 26.3 Å². The highest BCUT2D eigenvalue weighted by Gasteiger charge is 2.82. The van der Waals surface area contributed by atoms with Crippen LogP contribution in [0.25, 0.3) is 0 Å². The largest absolute Gasteiger partial charge is 0.462 e. The molecule has 0 radical (unpaired) electrons. The first kappa shape index (κ1) is 27.6. The Hall–Kier alpha value is -0.400. The molecule has 0 saturated carbocycles. The lowest BCUT2D eigenvalue weighted by atomic mass is 9.97. The Morgan fingerprint density at radius 3 is 1.83 bits per heavy atom. The first-order chi connectivity index (χ1) is 13.2. The molecule has 1 saturated heterocycles. The average molecular weight is 605 g/mol. The third-order valence-corrected chi connectivity index (χ3v) is 9.04. The van der Waals surface area contributed by atoms with Gasteiger partial charge in [0.1, 0.15) is 6.10 Å². The molecular formula is C13H18F6INO7S2. The molecule has 0 unspecified atom stereocenters. The molecule has 8 nitrogen and oxygen atoms in total. The molecule has 17 heteroatoms. The van der Waals surface area contributed by atoms with E-state index < -0.39 is 80.0 Å². The van der Waals surface area contributed by atoms with Crippen molar-refractivity contribution >= 4 is 48.7 Å². The number of nitrogens with zero attached hydrogens (tertiary/aromatic N) is 1. The Morgan fingerprint density at radius 1 is 1.03 bits per heavy atom. The van der Waals surface area contributed by atoms with Crippen molar-refractivity contribution in [1.29, 1.82) is 0 Å². The van der Waals surface area contributed by atoms with Crippen molar-refractivity contribution < 1.29 is 57.3 Å². The molecule has 0 atom stereocenters. The minimum atomic E-state index is -7.08. The summed E-state index contributed by atoms with van der Waals surface area (Å²) in [6.45, 7) is 1.35. The zero-order valence-electron chi connectivity index (χ0n) is 15.4. The normalized spacial score (nSPS) is 19.0. The maximum Gasteiger partial charge on any atom is 0.439 e. The van der Waals surface area contributed by atoms with Crippen LogP contribution in [0.5, 0.6) is 0 Å². The molecule has 0 spiro atoms. The molecule has 0 amide bonds. The monoisotopic (exact) mass is 605 g/mol. The number of alkyl halides is 7. The number of carbonyl (C=O) groups excluding carboxylic acids is 1. The van der Waals surface area contributed by atoms with E-state index >= 15 is 0 Å². The molecule has 0 aromatic heterocycles. The number of hydrogen-bond donors (Lipinski definition) is 1. The van der Waals surface area contributed by atoms with Crippen LogP contribution in [-0.4, -0.2) is 71.7 Å². The second-order valence-electron chi connectivity index (χ2n) is 7.11. The predicted molar refractivity (Wildman–Crippen MR) is 98.7 cm³/mol. The topological polar surface area (TPSA) is 118 Å². The van der Waals surface area contributed by atoms with Crippen molar-refractivity contribution in [3.8, 4) is 0 Å². The molecule has 1 aliphatic rings. The van der Waals surface area contributed by atoms with Gasteiger partial charge in [-0.15, -0.1) is 0 Å². The van der Waals surface area contributed by atoms with Crippen LogP contribution in [0, 0.1) is 5.41 Å². The summed E-state index contributed by atoms with van der Waals surface area (Å²) in [5.41, 5.74) is -0.903. The van der Waals surface area contributed by atoms with Gasteiger partial charge in [-0.3, -0.25) is 9.35 Å². The smallest absolute Gasteiger partial charge is 0.439 e. The zero-order chi connectivity index (χ0) is 24.0. The van der Waals surface area contributed by atoms with Crippen LogP contribution in [0.3, 0.4) is 0 Å². The SMILES string of the molecule is CC(C)(CI)C(=O)OC1CCN(S(=O)(=O)C(F)(F)C(F)(F)C(F)(F)S(=O)(=O)O)CC1. The fourth-order valence-electron chi connectivity index (χ4n) is 2.21. The first-order valence-corrected chi connectivity index (χ1v) is 12.4. The molecule has 1 aliphatic heterocycles. The minimum Gasteiger partial charge on any atom is -0.462 e. The number of carbonyl (C=O) groups is 1. The van der Waals surface area contributed by atoms with Crippen LogP contribution in [0.1, 0.15) is 26.7 Å². The summed E-state index contributed by atoms with van der Waals surface area (Å²) >= 11 is 1.92. The van der Waals surface area contributed by atoms with E-state index in [1.807, 2.05) is 22.6 Å². The number of halogens is 7. The highest BCUT2D eigenvalue weighted by molar-refractivity contribution is 14.1. The lowest BCUT2D eigenvalue weighted by Gasteiger charge is -2.37. The van der Waals surface area contributed by atoms with Crippen molar-refractivity contribution in [3.05, 3.63) is 0 Å². The van der Waals surface area contributed by atoms with E-state index in [0.29, 0.717) is 4.43 Å². The Balaban J connectivity index is 3.05. The van der Waals surface area contributed by atoms with Gasteiger partial charge < -0.3 is 4.74 Å². The van der Waals surface area contributed by atoms with Crippen LogP contribution in [0.15, 0.2) is 0 Å². The minimum absolute atomic E-state index is 0.227. The van der Waals surface area contributed by atoms with Crippen LogP contribution >= 0.6 is 22.6 Å². The van der Waals surface area contributed by atoms with E-state index in [0.717, 1.165) is 0 Å². The van der Waals surface area contributed by atoms with Crippen molar-refractivity contribution in [1.82, 2.24) is 4.31 Å². The third kappa shape index (κ3) is 4.68. The fourth-order valence-corrected chi connectivity index (χ4v) is 4.51. The summed E-state index contributed by atoms with van der Waals surface area (Å²) in [5, 5.41) is -13.4. The van der Waals surface area contributed by atoms with Crippen LogP contribution in [0.2, 0.25) is 0 Å². The summed E-state index contributed by atoms with van der Waals surface area (Å²) in [6, 6.07) is 0. The maximum absolute atomic E-state index is 14.0. The molecule has 1 rings (SSSR count). The maximum atomic E-state index is 14.0. The van der Waals surface area contributed by atoms with Gasteiger partial charge in [-0.2, -0.15) is 39.1 Å². The predicted octanol–water partition coefficient (Wildman–Crippen LogP) is 2.49. The van der Waals surface area contributed by atoms with E-state index in [-0.39, 0.29) is 4.31 Å². The van der Waals surface area contributed by atoms with Gasteiger partial charge in [-0.25, -0.2) is 8.42 Å². The van der Waals surface area contributed by atoms with E-state index in [9.17, 15) is 48.0 Å². The van der Waals surface area contributed by atoms with Crippen LogP contribution in [-0.2, 0) is 29.7 Å². The summed E-state index contributed by atoms with van der Waals surface area (Å²) in [4.78, 5) is 12.0. The van der Waals surface area contributed by atoms with E-state index in [2.05, 4.69) is 0 Å². The Morgan fingerprint density at radius 2 is 1.47 bits per heavy atom. The number of hydrogen-bond acceptors (Lipinski definition) is 6. The van der Waals surface area contributed by atoms with E-state index in [1.165, 1.54) is 0 Å².